The van der Waals surface area contributed by atoms with Crippen molar-refractivity contribution in [3.8, 4) is 0 Å². The summed E-state index contributed by atoms with van der Waals surface area (Å²) in [5.74, 6) is -0.740. The maximum Gasteiger partial charge on any atom is 0.340 e. The minimum atomic E-state index is -0.468. The molecule has 2 rings (SSSR count). The van der Waals surface area contributed by atoms with Crippen molar-refractivity contribution in [3.63, 3.8) is 0 Å². The number of hydrogen-bond acceptors (Lipinski definition) is 4. The number of esters is 1. The number of nitrogens with two attached hydrogens (primary N) is 1. The predicted octanol–water partition coefficient (Wildman–Crippen LogP) is 3.20. The first kappa shape index (κ1) is 14.8. The number of nitrogen functional groups attached to an aromatic ring is 1. The molecule has 0 unspecified atom stereocenters. The minimum Gasteiger partial charge on any atom is -0.462 e. The number of hydrogen-bond donors (Lipinski definition) is 2. The summed E-state index contributed by atoms with van der Waals surface area (Å²) in [6.07, 6.45) is 0. The summed E-state index contributed by atoms with van der Waals surface area (Å²) in [5, 5.41) is 3.06. The number of rotatable bonds is 5. The van der Waals surface area contributed by atoms with Crippen LogP contribution >= 0.6 is 0 Å². The van der Waals surface area contributed by atoms with Gasteiger partial charge in [0.25, 0.3) is 0 Å². The van der Waals surface area contributed by atoms with Crippen LogP contribution in [-0.2, 0) is 11.3 Å². The largest absolute Gasteiger partial charge is 0.462 e. The molecule has 0 bridgehead atoms. The Bertz CT molecular complexity index is 644. The molecule has 0 atom stereocenters. The first-order valence-corrected chi connectivity index (χ1v) is 6.65. The van der Waals surface area contributed by atoms with Gasteiger partial charge < -0.3 is 15.8 Å². The highest BCUT2D eigenvalue weighted by molar-refractivity contribution is 5.96. The Kier molecular flexibility index (Phi) is 4.77. The summed E-state index contributed by atoms with van der Waals surface area (Å²) in [7, 11) is 0. The predicted molar refractivity (Wildman–Crippen MR) is 80.5 cm³/mol. The third kappa shape index (κ3) is 3.72. The second-order valence-corrected chi connectivity index (χ2v) is 4.47. The van der Waals surface area contributed by atoms with Crippen molar-refractivity contribution in [2.75, 3.05) is 17.7 Å². The molecule has 0 amide bonds. The van der Waals surface area contributed by atoms with E-state index in [1.807, 2.05) is 0 Å². The first-order chi connectivity index (χ1) is 10.1. The van der Waals surface area contributed by atoms with E-state index in [-0.39, 0.29) is 12.4 Å². The summed E-state index contributed by atoms with van der Waals surface area (Å²) in [4.78, 5) is 11.8. The van der Waals surface area contributed by atoms with Crippen molar-refractivity contribution in [1.29, 1.82) is 0 Å². The number of ether oxygens (including phenoxy) is 1. The van der Waals surface area contributed by atoms with Gasteiger partial charge in [0.1, 0.15) is 5.82 Å². The number of anilines is 2. The SMILES string of the molecule is CCOC(=O)c1cc(NCc2ccccc2F)ccc1N. The molecule has 0 radical (unpaired) electrons. The third-order valence-corrected chi connectivity index (χ3v) is 2.99. The summed E-state index contributed by atoms with van der Waals surface area (Å²) in [6, 6.07) is 11.5. The molecule has 0 saturated carbocycles. The molecule has 0 aliphatic carbocycles. The van der Waals surface area contributed by atoms with Gasteiger partial charge in [0.05, 0.1) is 12.2 Å². The molecule has 0 heterocycles. The molecule has 0 aliphatic heterocycles. The lowest BCUT2D eigenvalue weighted by Crippen LogP contribution is -2.09. The van der Waals surface area contributed by atoms with Gasteiger partial charge in [0, 0.05) is 23.5 Å². The fourth-order valence-corrected chi connectivity index (χ4v) is 1.89. The fourth-order valence-electron chi connectivity index (χ4n) is 1.89. The van der Waals surface area contributed by atoms with Crippen LogP contribution in [0.15, 0.2) is 42.5 Å². The zero-order valence-electron chi connectivity index (χ0n) is 11.7. The van der Waals surface area contributed by atoms with Gasteiger partial charge in [-0.1, -0.05) is 18.2 Å². The van der Waals surface area contributed by atoms with Gasteiger partial charge in [0.2, 0.25) is 0 Å². The van der Waals surface area contributed by atoms with Gasteiger partial charge in [-0.15, -0.1) is 0 Å². The van der Waals surface area contributed by atoms with E-state index in [0.717, 1.165) is 0 Å². The molecule has 110 valence electrons. The number of carbonyl (C=O) groups is 1. The van der Waals surface area contributed by atoms with Crippen molar-refractivity contribution < 1.29 is 13.9 Å². The molecular formula is C16H17FN2O2. The summed E-state index contributed by atoms with van der Waals surface area (Å²) in [6.45, 7) is 2.33. The van der Waals surface area contributed by atoms with Gasteiger partial charge in [-0.05, 0) is 31.2 Å². The zero-order valence-corrected chi connectivity index (χ0v) is 11.7. The maximum absolute atomic E-state index is 13.5. The quantitative estimate of drug-likeness (QED) is 0.655. The van der Waals surface area contributed by atoms with Crippen LogP contribution in [0.25, 0.3) is 0 Å². The highest BCUT2D eigenvalue weighted by Crippen LogP contribution is 2.20. The van der Waals surface area contributed by atoms with Gasteiger partial charge in [-0.25, -0.2) is 9.18 Å². The highest BCUT2D eigenvalue weighted by Gasteiger charge is 2.11. The van der Waals surface area contributed by atoms with E-state index in [1.54, 1.807) is 43.3 Å². The summed E-state index contributed by atoms with van der Waals surface area (Å²) < 4.78 is 18.5. The molecule has 0 spiro atoms. The monoisotopic (exact) mass is 288 g/mol. The first-order valence-electron chi connectivity index (χ1n) is 6.65. The lowest BCUT2D eigenvalue weighted by Gasteiger charge is -2.10. The molecule has 0 aliphatic rings. The molecule has 0 aromatic heterocycles. The Balaban J connectivity index is 2.12. The second kappa shape index (κ2) is 6.74. The van der Waals surface area contributed by atoms with E-state index < -0.39 is 5.97 Å². The minimum absolute atomic E-state index is 0.272. The molecular weight excluding hydrogens is 271 g/mol. The normalized spacial score (nSPS) is 10.2. The zero-order chi connectivity index (χ0) is 15.2. The summed E-state index contributed by atoms with van der Waals surface area (Å²) in [5.41, 5.74) is 7.64. The van der Waals surface area contributed by atoms with Gasteiger partial charge in [-0.2, -0.15) is 0 Å². The van der Waals surface area contributed by atoms with E-state index in [4.69, 9.17) is 10.5 Å². The maximum atomic E-state index is 13.5. The van der Waals surface area contributed by atoms with E-state index in [0.29, 0.717) is 29.0 Å². The summed E-state index contributed by atoms with van der Waals surface area (Å²) >= 11 is 0. The fraction of sp³-hybridized carbons (Fsp3) is 0.188. The Hall–Kier alpha value is -2.56. The van der Waals surface area contributed by atoms with E-state index in [2.05, 4.69) is 5.32 Å². The van der Waals surface area contributed by atoms with Crippen molar-refractivity contribution in [1.82, 2.24) is 0 Å². The molecule has 2 aromatic carbocycles. The van der Waals surface area contributed by atoms with Gasteiger partial charge >= 0.3 is 5.97 Å². The smallest absolute Gasteiger partial charge is 0.340 e. The van der Waals surface area contributed by atoms with Crippen molar-refractivity contribution in [2.24, 2.45) is 0 Å². The molecule has 5 heteroatoms. The van der Waals surface area contributed by atoms with Crippen LogP contribution in [0.4, 0.5) is 15.8 Å². The second-order valence-electron chi connectivity index (χ2n) is 4.47. The van der Waals surface area contributed by atoms with Crippen molar-refractivity contribution >= 4 is 17.3 Å². The third-order valence-electron chi connectivity index (χ3n) is 2.99. The molecule has 3 N–H and O–H groups in total. The van der Waals surface area contributed by atoms with Crippen LogP contribution in [0.1, 0.15) is 22.8 Å². The van der Waals surface area contributed by atoms with Crippen LogP contribution in [0, 0.1) is 5.82 Å². The van der Waals surface area contributed by atoms with Gasteiger partial charge in [0.15, 0.2) is 0 Å². The average molecular weight is 288 g/mol. The number of halogens is 1. The number of nitrogens with one attached hydrogen (secondary N) is 1. The van der Waals surface area contributed by atoms with Crippen LogP contribution in [0.5, 0.6) is 0 Å². The van der Waals surface area contributed by atoms with Crippen molar-refractivity contribution in [2.45, 2.75) is 13.5 Å². The molecule has 2 aromatic rings. The van der Waals surface area contributed by atoms with Crippen LogP contribution in [0.3, 0.4) is 0 Å². The van der Waals surface area contributed by atoms with E-state index >= 15 is 0 Å². The Labute approximate surface area is 122 Å². The standard InChI is InChI=1S/C16H17FN2O2/c1-2-21-16(20)13-9-12(7-8-15(13)18)19-10-11-5-3-4-6-14(11)17/h3-9,19H,2,10,18H2,1H3. The van der Waals surface area contributed by atoms with Gasteiger partial charge in [-0.3, -0.25) is 0 Å². The molecule has 21 heavy (non-hydrogen) atoms. The Morgan fingerprint density at radius 2 is 2.05 bits per heavy atom. The topological polar surface area (TPSA) is 64.3 Å². The average Bonchev–Trinajstić information content (AvgIpc) is 2.48. The van der Waals surface area contributed by atoms with E-state index in [9.17, 15) is 9.18 Å². The molecule has 4 nitrogen and oxygen atoms in total. The van der Waals surface area contributed by atoms with E-state index in [1.165, 1.54) is 6.07 Å². The highest BCUT2D eigenvalue weighted by atomic mass is 19.1. The Morgan fingerprint density at radius 1 is 1.29 bits per heavy atom. The molecule has 0 fully saturated rings. The van der Waals surface area contributed by atoms with Crippen LogP contribution in [-0.4, -0.2) is 12.6 Å². The lowest BCUT2D eigenvalue weighted by atomic mass is 10.1. The van der Waals surface area contributed by atoms with Crippen LogP contribution in [0.2, 0.25) is 0 Å². The number of carbonyl (C=O) groups excluding carboxylic acids is 1. The molecule has 0 saturated heterocycles. The number of benzene rings is 2. The Morgan fingerprint density at radius 3 is 2.76 bits per heavy atom. The lowest BCUT2D eigenvalue weighted by molar-refractivity contribution is 0.0527. The van der Waals surface area contributed by atoms with Crippen molar-refractivity contribution in [3.05, 3.63) is 59.4 Å². The van der Waals surface area contributed by atoms with Crippen LogP contribution < -0.4 is 11.1 Å².